The third-order valence-corrected chi connectivity index (χ3v) is 3.29. The zero-order chi connectivity index (χ0) is 11.8. The lowest BCUT2D eigenvalue weighted by Crippen LogP contribution is -2.57. The number of hydrogen-bond donors (Lipinski definition) is 1. The number of benzene rings is 1. The first-order valence-corrected chi connectivity index (χ1v) is 5.27. The van der Waals surface area contributed by atoms with Crippen LogP contribution in [0.3, 0.4) is 0 Å². The van der Waals surface area contributed by atoms with Crippen molar-refractivity contribution in [3.8, 4) is 5.75 Å². The Hall–Kier alpha value is -1.13. The fourth-order valence-electron chi connectivity index (χ4n) is 2.05. The molecular formula is C12H16FNO2. The molecule has 2 N–H and O–H groups in total. The summed E-state index contributed by atoms with van der Waals surface area (Å²) in [7, 11) is 1.57. The van der Waals surface area contributed by atoms with Crippen LogP contribution in [-0.4, -0.2) is 26.4 Å². The van der Waals surface area contributed by atoms with E-state index in [2.05, 4.69) is 0 Å². The normalized spacial score (nSPS) is 20.0. The molecule has 3 nitrogen and oxygen atoms in total. The molecular weight excluding hydrogens is 209 g/mol. The minimum atomic E-state index is -0.312. The standard InChI is InChI=1S/C12H16FNO2/c1-8(14)12(6-16-7-12)10-5-9(13)3-4-11(10)15-2/h3-5,8H,6-7,14H2,1-2H3. The van der Waals surface area contributed by atoms with Crippen LogP contribution in [0.5, 0.6) is 5.75 Å². The molecule has 88 valence electrons. The van der Waals surface area contributed by atoms with Crippen LogP contribution < -0.4 is 10.5 Å². The van der Waals surface area contributed by atoms with E-state index in [0.29, 0.717) is 19.0 Å². The van der Waals surface area contributed by atoms with E-state index in [4.69, 9.17) is 15.2 Å². The first kappa shape index (κ1) is 11.4. The van der Waals surface area contributed by atoms with Crippen molar-refractivity contribution in [1.29, 1.82) is 0 Å². The van der Waals surface area contributed by atoms with Gasteiger partial charge in [-0.25, -0.2) is 4.39 Å². The van der Waals surface area contributed by atoms with Gasteiger partial charge in [0, 0.05) is 11.6 Å². The Kier molecular flexibility index (Phi) is 2.86. The van der Waals surface area contributed by atoms with Gasteiger partial charge < -0.3 is 15.2 Å². The number of ether oxygens (including phenoxy) is 2. The number of rotatable bonds is 3. The molecule has 1 aliphatic rings. The summed E-state index contributed by atoms with van der Waals surface area (Å²) < 4.78 is 23.8. The van der Waals surface area contributed by atoms with Crippen molar-refractivity contribution in [2.24, 2.45) is 5.73 Å². The first-order chi connectivity index (χ1) is 7.60. The van der Waals surface area contributed by atoms with Crippen LogP contribution in [0.2, 0.25) is 0 Å². The van der Waals surface area contributed by atoms with Crippen LogP contribution in [0.4, 0.5) is 4.39 Å². The third-order valence-electron chi connectivity index (χ3n) is 3.29. The van der Waals surface area contributed by atoms with E-state index in [1.54, 1.807) is 13.2 Å². The molecule has 1 aliphatic heterocycles. The van der Waals surface area contributed by atoms with E-state index < -0.39 is 0 Å². The fraction of sp³-hybridized carbons (Fsp3) is 0.500. The molecule has 0 aliphatic carbocycles. The summed E-state index contributed by atoms with van der Waals surface area (Å²) in [4.78, 5) is 0. The van der Waals surface area contributed by atoms with Gasteiger partial charge in [-0.15, -0.1) is 0 Å². The summed E-state index contributed by atoms with van der Waals surface area (Å²) in [6.45, 7) is 2.95. The Morgan fingerprint density at radius 1 is 1.50 bits per heavy atom. The summed E-state index contributed by atoms with van der Waals surface area (Å²) in [6.07, 6.45) is 0. The second-order valence-corrected chi connectivity index (χ2v) is 4.28. The highest BCUT2D eigenvalue weighted by molar-refractivity contribution is 5.43. The van der Waals surface area contributed by atoms with Crippen LogP contribution in [0.1, 0.15) is 12.5 Å². The first-order valence-electron chi connectivity index (χ1n) is 5.27. The monoisotopic (exact) mass is 225 g/mol. The van der Waals surface area contributed by atoms with Gasteiger partial charge in [0.1, 0.15) is 11.6 Å². The van der Waals surface area contributed by atoms with Crippen molar-refractivity contribution < 1.29 is 13.9 Å². The molecule has 0 saturated carbocycles. The van der Waals surface area contributed by atoms with Crippen molar-refractivity contribution in [1.82, 2.24) is 0 Å². The van der Waals surface area contributed by atoms with Crippen LogP contribution in [-0.2, 0) is 10.2 Å². The summed E-state index contributed by atoms with van der Waals surface area (Å²) >= 11 is 0. The summed E-state index contributed by atoms with van der Waals surface area (Å²) in [5.41, 5.74) is 6.47. The maximum absolute atomic E-state index is 13.3. The fourth-order valence-corrected chi connectivity index (χ4v) is 2.05. The topological polar surface area (TPSA) is 44.5 Å². The molecule has 2 rings (SSSR count). The molecule has 1 aromatic rings. The number of halogens is 1. The van der Waals surface area contributed by atoms with Gasteiger partial charge in [-0.1, -0.05) is 0 Å². The van der Waals surface area contributed by atoms with Gasteiger partial charge in [0.2, 0.25) is 0 Å². The highest BCUT2D eigenvalue weighted by atomic mass is 19.1. The van der Waals surface area contributed by atoms with Crippen LogP contribution in [0.25, 0.3) is 0 Å². The van der Waals surface area contributed by atoms with Gasteiger partial charge in [0.15, 0.2) is 0 Å². The van der Waals surface area contributed by atoms with Crippen LogP contribution in [0, 0.1) is 5.82 Å². The van der Waals surface area contributed by atoms with Crippen molar-refractivity contribution in [2.75, 3.05) is 20.3 Å². The number of nitrogens with two attached hydrogens (primary N) is 1. The molecule has 1 fully saturated rings. The minimum absolute atomic E-state index is 0.100. The van der Waals surface area contributed by atoms with Gasteiger partial charge in [0.05, 0.1) is 25.7 Å². The predicted molar refractivity (Wildman–Crippen MR) is 59.1 cm³/mol. The van der Waals surface area contributed by atoms with E-state index in [9.17, 15) is 4.39 Å². The highest BCUT2D eigenvalue weighted by Crippen LogP contribution is 2.40. The molecule has 0 amide bonds. The molecule has 0 bridgehead atoms. The zero-order valence-corrected chi connectivity index (χ0v) is 9.50. The molecule has 0 radical (unpaired) electrons. The SMILES string of the molecule is COc1ccc(F)cc1C1(C(C)N)COC1. The average Bonchev–Trinajstić information content (AvgIpc) is 2.15. The molecule has 1 heterocycles. The largest absolute Gasteiger partial charge is 0.496 e. The van der Waals surface area contributed by atoms with E-state index >= 15 is 0 Å². The average molecular weight is 225 g/mol. The van der Waals surface area contributed by atoms with Crippen LogP contribution >= 0.6 is 0 Å². The zero-order valence-electron chi connectivity index (χ0n) is 9.50. The number of methoxy groups -OCH3 is 1. The Morgan fingerprint density at radius 2 is 2.19 bits per heavy atom. The number of hydrogen-bond acceptors (Lipinski definition) is 3. The highest BCUT2D eigenvalue weighted by Gasteiger charge is 2.45. The quantitative estimate of drug-likeness (QED) is 0.846. The van der Waals surface area contributed by atoms with Crippen molar-refractivity contribution >= 4 is 0 Å². The Morgan fingerprint density at radius 3 is 2.62 bits per heavy atom. The van der Waals surface area contributed by atoms with Crippen molar-refractivity contribution in [3.05, 3.63) is 29.6 Å². The Balaban J connectivity index is 2.48. The van der Waals surface area contributed by atoms with E-state index in [0.717, 1.165) is 5.56 Å². The molecule has 4 heteroatoms. The van der Waals surface area contributed by atoms with Crippen molar-refractivity contribution in [2.45, 2.75) is 18.4 Å². The maximum Gasteiger partial charge on any atom is 0.123 e. The van der Waals surface area contributed by atoms with Gasteiger partial charge in [-0.05, 0) is 25.1 Å². The van der Waals surface area contributed by atoms with E-state index in [1.807, 2.05) is 6.92 Å². The molecule has 0 aromatic heterocycles. The molecule has 1 aromatic carbocycles. The second-order valence-electron chi connectivity index (χ2n) is 4.28. The molecule has 1 saturated heterocycles. The van der Waals surface area contributed by atoms with Crippen molar-refractivity contribution in [3.63, 3.8) is 0 Å². The molecule has 0 spiro atoms. The maximum atomic E-state index is 13.3. The molecule has 1 atom stereocenters. The van der Waals surface area contributed by atoms with Gasteiger partial charge in [0.25, 0.3) is 0 Å². The molecule has 1 unspecified atom stereocenters. The van der Waals surface area contributed by atoms with Gasteiger partial charge in [-0.3, -0.25) is 0 Å². The van der Waals surface area contributed by atoms with E-state index in [1.165, 1.54) is 12.1 Å². The summed E-state index contributed by atoms with van der Waals surface area (Å²) in [5.74, 6) is 0.393. The van der Waals surface area contributed by atoms with Crippen LogP contribution in [0.15, 0.2) is 18.2 Å². The summed E-state index contributed by atoms with van der Waals surface area (Å²) in [5, 5.41) is 0. The van der Waals surface area contributed by atoms with E-state index in [-0.39, 0.29) is 17.3 Å². The third kappa shape index (κ3) is 1.58. The Bertz CT molecular complexity index is 389. The Labute approximate surface area is 94.3 Å². The lowest BCUT2D eigenvalue weighted by atomic mass is 9.73. The minimum Gasteiger partial charge on any atom is -0.496 e. The van der Waals surface area contributed by atoms with Gasteiger partial charge >= 0.3 is 0 Å². The lowest BCUT2D eigenvalue weighted by molar-refractivity contribution is -0.0711. The molecule has 16 heavy (non-hydrogen) atoms. The van der Waals surface area contributed by atoms with Gasteiger partial charge in [-0.2, -0.15) is 0 Å². The smallest absolute Gasteiger partial charge is 0.123 e. The predicted octanol–water partition coefficient (Wildman–Crippen LogP) is 1.45. The summed E-state index contributed by atoms with van der Waals surface area (Å²) in [6, 6.07) is 4.41. The second kappa shape index (κ2) is 4.03. The lowest BCUT2D eigenvalue weighted by Gasteiger charge is -2.45.